The van der Waals surface area contributed by atoms with Gasteiger partial charge in [0.2, 0.25) is 0 Å². The van der Waals surface area contributed by atoms with E-state index in [0.717, 1.165) is 55.7 Å². The Kier molecular flexibility index (Phi) is 9.45. The van der Waals surface area contributed by atoms with E-state index in [2.05, 4.69) is 9.80 Å². The zero-order valence-electron chi connectivity index (χ0n) is 23.4. The van der Waals surface area contributed by atoms with Gasteiger partial charge in [0.05, 0.1) is 6.61 Å². The molecule has 1 aliphatic heterocycles. The molecule has 2 N–H and O–H groups in total. The number of hydrogen-bond acceptors (Lipinski definition) is 6. The molecule has 0 radical (unpaired) electrons. The summed E-state index contributed by atoms with van der Waals surface area (Å²) in [7, 11) is 1.67. The number of phenols is 2. The van der Waals surface area contributed by atoms with E-state index < -0.39 is 0 Å². The average Bonchev–Trinajstić information content (AvgIpc) is 2.96. The van der Waals surface area contributed by atoms with Crippen LogP contribution in [0.25, 0.3) is 0 Å². The minimum Gasteiger partial charge on any atom is -0.508 e. The van der Waals surface area contributed by atoms with Crippen LogP contribution in [0.2, 0.25) is 0 Å². The third-order valence-electron chi connectivity index (χ3n) is 8.26. The lowest BCUT2D eigenvalue weighted by Gasteiger charge is -2.32. The average molecular weight is 549 g/mol. The zero-order chi connectivity index (χ0) is 27.9. The third kappa shape index (κ3) is 7.07. The van der Waals surface area contributed by atoms with Gasteiger partial charge in [0, 0.05) is 38.5 Å². The fraction of sp³-hybridized carbons (Fsp3) is 0.455. The fourth-order valence-corrected chi connectivity index (χ4v) is 6.09. The van der Waals surface area contributed by atoms with E-state index >= 15 is 4.39 Å². The Bertz CT molecular complexity index is 1280. The molecule has 7 heteroatoms. The number of aromatic hydroxyl groups is 2. The molecule has 0 aromatic heterocycles. The highest BCUT2D eigenvalue weighted by Crippen LogP contribution is 2.40. The maximum atomic E-state index is 15.1. The number of fused-ring (bicyclic) bond motifs is 1. The molecule has 0 amide bonds. The molecule has 1 heterocycles. The Hall–Kier alpha value is -3.29. The number of aryl methyl sites for hydroxylation is 1. The molecular weight excluding hydrogens is 507 g/mol. The van der Waals surface area contributed by atoms with Crippen LogP contribution in [0.3, 0.4) is 0 Å². The first-order chi connectivity index (χ1) is 19.5. The predicted octanol–water partition coefficient (Wildman–Crippen LogP) is 6.03. The van der Waals surface area contributed by atoms with E-state index in [9.17, 15) is 10.2 Å². The van der Waals surface area contributed by atoms with Crippen molar-refractivity contribution in [3.63, 3.8) is 0 Å². The highest BCUT2D eigenvalue weighted by atomic mass is 19.1. The van der Waals surface area contributed by atoms with Gasteiger partial charge in [0.25, 0.3) is 0 Å². The maximum absolute atomic E-state index is 15.1. The van der Waals surface area contributed by atoms with Crippen LogP contribution in [-0.2, 0) is 24.1 Å². The lowest BCUT2D eigenvalue weighted by molar-refractivity contribution is 0.180. The number of likely N-dealkylation sites (tertiary alicyclic amines) is 1. The quantitative estimate of drug-likeness (QED) is 0.305. The molecule has 3 aromatic rings. The molecule has 1 unspecified atom stereocenters. The summed E-state index contributed by atoms with van der Waals surface area (Å²) in [6.07, 6.45) is 6.44. The molecule has 1 saturated heterocycles. The van der Waals surface area contributed by atoms with Crippen molar-refractivity contribution in [3.8, 4) is 17.2 Å². The Morgan fingerprint density at radius 2 is 1.73 bits per heavy atom. The molecule has 1 aliphatic carbocycles. The number of rotatable bonds is 11. The Labute approximate surface area is 237 Å². The molecule has 1 atom stereocenters. The normalized spacial score (nSPS) is 17.4. The number of halogens is 1. The van der Waals surface area contributed by atoms with Gasteiger partial charge in [-0.05, 0) is 104 Å². The number of methoxy groups -OCH3 is 1. The van der Waals surface area contributed by atoms with Gasteiger partial charge in [-0.25, -0.2) is 4.39 Å². The van der Waals surface area contributed by atoms with Crippen LogP contribution in [-0.4, -0.2) is 61.6 Å². The first kappa shape index (κ1) is 28.2. The summed E-state index contributed by atoms with van der Waals surface area (Å²) < 4.78 is 26.3. The van der Waals surface area contributed by atoms with Gasteiger partial charge in [0.1, 0.15) is 18.1 Å². The van der Waals surface area contributed by atoms with E-state index in [4.69, 9.17) is 9.47 Å². The first-order valence-corrected chi connectivity index (χ1v) is 14.5. The number of ether oxygens (including phenoxy) is 2. The molecular formula is C33H41FN2O4. The standard InChI is InChI=1S/C33H41FN2O4/c1-39-17-16-36(23-24-5-12-33(31(34)19-24)40-18-15-35-13-3-2-4-14-35)32-22-29(38)10-11-30(32)27-7-6-26-21-28(37)9-8-25(26)20-27/h5,8-12,19,21-22,27,37-38H,2-4,6-7,13-18,20,23H2,1H3. The molecule has 0 saturated carbocycles. The number of piperidine rings is 1. The highest BCUT2D eigenvalue weighted by molar-refractivity contribution is 5.59. The number of anilines is 1. The highest BCUT2D eigenvalue weighted by Gasteiger charge is 2.25. The van der Waals surface area contributed by atoms with Gasteiger partial charge in [-0.1, -0.05) is 24.6 Å². The van der Waals surface area contributed by atoms with Crippen LogP contribution >= 0.6 is 0 Å². The molecule has 3 aromatic carbocycles. The minimum absolute atomic E-state index is 0.200. The lowest BCUT2D eigenvalue weighted by Crippen LogP contribution is -2.33. The summed E-state index contributed by atoms with van der Waals surface area (Å²) in [5.41, 5.74) is 5.36. The minimum atomic E-state index is -0.355. The molecule has 1 fully saturated rings. The van der Waals surface area contributed by atoms with E-state index in [-0.39, 0.29) is 23.2 Å². The maximum Gasteiger partial charge on any atom is 0.165 e. The van der Waals surface area contributed by atoms with Crippen LogP contribution < -0.4 is 9.64 Å². The number of hydrogen-bond donors (Lipinski definition) is 2. The van der Waals surface area contributed by atoms with E-state index in [1.165, 1.54) is 30.4 Å². The lowest BCUT2D eigenvalue weighted by atomic mass is 9.79. The summed E-state index contributed by atoms with van der Waals surface area (Å²) in [6.45, 7) is 5.06. The monoisotopic (exact) mass is 548 g/mol. The van der Waals surface area contributed by atoms with Crippen molar-refractivity contribution in [3.05, 3.63) is 82.7 Å². The van der Waals surface area contributed by atoms with Crippen LogP contribution in [0.4, 0.5) is 10.1 Å². The van der Waals surface area contributed by atoms with Gasteiger partial charge in [-0.3, -0.25) is 4.90 Å². The van der Waals surface area contributed by atoms with Crippen molar-refractivity contribution in [1.82, 2.24) is 4.90 Å². The summed E-state index contributed by atoms with van der Waals surface area (Å²) in [4.78, 5) is 4.54. The topological polar surface area (TPSA) is 65.4 Å². The van der Waals surface area contributed by atoms with E-state index in [0.29, 0.717) is 32.1 Å². The van der Waals surface area contributed by atoms with Crippen molar-refractivity contribution < 1.29 is 24.1 Å². The largest absolute Gasteiger partial charge is 0.508 e. The number of benzene rings is 3. The molecule has 2 aliphatic rings. The summed E-state index contributed by atoms with van der Waals surface area (Å²) in [6, 6.07) is 16.4. The van der Waals surface area contributed by atoms with E-state index in [1.54, 1.807) is 31.4 Å². The Balaban J connectivity index is 1.32. The second kappa shape index (κ2) is 13.4. The molecule has 214 valence electrons. The van der Waals surface area contributed by atoms with Gasteiger partial charge >= 0.3 is 0 Å². The summed E-state index contributed by atoms with van der Waals surface area (Å²) in [5, 5.41) is 20.3. The fourth-order valence-electron chi connectivity index (χ4n) is 6.09. The summed E-state index contributed by atoms with van der Waals surface area (Å²) in [5.74, 6) is 0.704. The molecule has 6 nitrogen and oxygen atoms in total. The van der Waals surface area contributed by atoms with Crippen LogP contribution in [0.5, 0.6) is 17.2 Å². The van der Waals surface area contributed by atoms with E-state index in [1.807, 2.05) is 30.3 Å². The second-order valence-electron chi connectivity index (χ2n) is 11.1. The van der Waals surface area contributed by atoms with Gasteiger partial charge in [-0.15, -0.1) is 0 Å². The van der Waals surface area contributed by atoms with Gasteiger partial charge in [-0.2, -0.15) is 0 Å². The van der Waals surface area contributed by atoms with Gasteiger partial charge in [0.15, 0.2) is 11.6 Å². The van der Waals surface area contributed by atoms with Gasteiger partial charge < -0.3 is 24.6 Å². The smallest absolute Gasteiger partial charge is 0.165 e. The van der Waals surface area contributed by atoms with Crippen molar-refractivity contribution in [2.45, 2.75) is 51.0 Å². The Morgan fingerprint density at radius 1 is 0.925 bits per heavy atom. The van der Waals surface area contributed by atoms with Crippen LogP contribution in [0.15, 0.2) is 54.6 Å². The zero-order valence-corrected chi connectivity index (χ0v) is 23.4. The van der Waals surface area contributed by atoms with Crippen molar-refractivity contribution in [2.75, 3.05) is 51.4 Å². The number of phenolic OH excluding ortho intramolecular Hbond substituents is 2. The SMILES string of the molecule is COCCN(Cc1ccc(OCCN2CCCCC2)c(F)c1)c1cc(O)ccc1C1CCc2cc(O)ccc2C1. The molecule has 5 rings (SSSR count). The number of nitrogens with zero attached hydrogens (tertiary/aromatic N) is 2. The van der Waals surface area contributed by atoms with Crippen LogP contribution in [0.1, 0.15) is 53.9 Å². The van der Waals surface area contributed by atoms with Crippen molar-refractivity contribution in [2.24, 2.45) is 0 Å². The van der Waals surface area contributed by atoms with Crippen LogP contribution in [0, 0.1) is 5.82 Å². The molecule has 40 heavy (non-hydrogen) atoms. The first-order valence-electron chi connectivity index (χ1n) is 14.5. The second-order valence-corrected chi connectivity index (χ2v) is 11.1. The Morgan fingerprint density at radius 3 is 2.52 bits per heavy atom. The predicted molar refractivity (Wildman–Crippen MR) is 156 cm³/mol. The summed E-state index contributed by atoms with van der Waals surface area (Å²) >= 11 is 0. The molecule has 0 spiro atoms. The van der Waals surface area contributed by atoms with Crippen molar-refractivity contribution in [1.29, 1.82) is 0 Å². The third-order valence-corrected chi connectivity index (χ3v) is 8.26. The van der Waals surface area contributed by atoms with Crippen molar-refractivity contribution >= 4 is 5.69 Å². The molecule has 0 bridgehead atoms.